The average molecular weight is 360 g/mol. The van der Waals surface area contributed by atoms with Crippen LogP contribution in [0.15, 0.2) is 24.3 Å². The van der Waals surface area contributed by atoms with Crippen molar-refractivity contribution in [2.75, 3.05) is 52.5 Å². The van der Waals surface area contributed by atoms with Crippen molar-refractivity contribution in [3.63, 3.8) is 0 Å². The number of hydrogen-bond acceptors (Lipinski definition) is 4. The second kappa shape index (κ2) is 7.46. The van der Waals surface area contributed by atoms with Crippen LogP contribution in [0.2, 0.25) is 5.02 Å². The number of benzene rings is 1. The highest BCUT2D eigenvalue weighted by Gasteiger charge is 2.33. The first-order chi connectivity index (χ1) is 11.1. The molecule has 8 heteroatoms. The smallest absolute Gasteiger partial charge is 0.282 e. The van der Waals surface area contributed by atoms with Crippen molar-refractivity contribution in [1.82, 2.24) is 13.5 Å². The molecule has 2 saturated heterocycles. The Bertz CT molecular complexity index is 627. The maximum atomic E-state index is 12.6. The van der Waals surface area contributed by atoms with Crippen LogP contribution >= 0.6 is 11.6 Å². The standard InChI is InChI=1S/C15H22ClN3O3S/c16-15-3-1-2-14(12-15)13-17-4-6-18(7-5-17)23(20,21)19-8-10-22-11-9-19/h1-3,12H,4-11,13H2. The van der Waals surface area contributed by atoms with Gasteiger partial charge in [-0.2, -0.15) is 17.0 Å². The summed E-state index contributed by atoms with van der Waals surface area (Å²) in [5.74, 6) is 0. The highest BCUT2D eigenvalue weighted by molar-refractivity contribution is 7.86. The fourth-order valence-electron chi connectivity index (χ4n) is 2.95. The second-order valence-corrected chi connectivity index (χ2v) is 8.19. The summed E-state index contributed by atoms with van der Waals surface area (Å²) in [7, 11) is -3.35. The molecule has 3 rings (SSSR count). The fourth-order valence-corrected chi connectivity index (χ4v) is 4.73. The molecular weight excluding hydrogens is 338 g/mol. The normalized spacial score (nSPS) is 22.3. The van der Waals surface area contributed by atoms with Gasteiger partial charge in [0.05, 0.1) is 13.2 Å². The van der Waals surface area contributed by atoms with E-state index < -0.39 is 10.2 Å². The third kappa shape index (κ3) is 4.23. The van der Waals surface area contributed by atoms with E-state index in [1.165, 1.54) is 4.31 Å². The number of hydrogen-bond donors (Lipinski definition) is 0. The van der Waals surface area contributed by atoms with Crippen LogP contribution in [0.3, 0.4) is 0 Å². The highest BCUT2D eigenvalue weighted by Crippen LogP contribution is 2.17. The van der Waals surface area contributed by atoms with Gasteiger partial charge < -0.3 is 4.74 Å². The summed E-state index contributed by atoms with van der Waals surface area (Å²) in [5, 5.41) is 0.732. The quantitative estimate of drug-likeness (QED) is 0.806. The Morgan fingerprint density at radius 3 is 2.30 bits per heavy atom. The molecule has 0 spiro atoms. The topological polar surface area (TPSA) is 53.1 Å². The molecule has 0 aliphatic carbocycles. The third-order valence-corrected chi connectivity index (χ3v) is 6.52. The Morgan fingerprint density at radius 2 is 1.65 bits per heavy atom. The fraction of sp³-hybridized carbons (Fsp3) is 0.600. The molecule has 0 saturated carbocycles. The summed E-state index contributed by atoms with van der Waals surface area (Å²) in [6.45, 7) is 5.18. The Labute approximate surface area is 142 Å². The van der Waals surface area contributed by atoms with Crippen molar-refractivity contribution in [2.45, 2.75) is 6.54 Å². The molecule has 1 aromatic carbocycles. The first-order valence-corrected chi connectivity index (χ1v) is 9.63. The second-order valence-electron chi connectivity index (χ2n) is 5.82. The molecule has 0 radical (unpaired) electrons. The summed E-state index contributed by atoms with van der Waals surface area (Å²) in [6.07, 6.45) is 0. The van der Waals surface area contributed by atoms with Gasteiger partial charge in [0.2, 0.25) is 0 Å². The Hall–Kier alpha value is -0.700. The molecule has 0 bridgehead atoms. The van der Waals surface area contributed by atoms with Crippen LogP contribution in [-0.2, 0) is 21.5 Å². The maximum Gasteiger partial charge on any atom is 0.282 e. The van der Waals surface area contributed by atoms with E-state index in [-0.39, 0.29) is 0 Å². The van der Waals surface area contributed by atoms with E-state index in [0.717, 1.165) is 30.2 Å². The van der Waals surface area contributed by atoms with E-state index in [2.05, 4.69) is 4.90 Å². The van der Waals surface area contributed by atoms with Crippen LogP contribution in [-0.4, -0.2) is 74.4 Å². The van der Waals surface area contributed by atoms with Crippen molar-refractivity contribution >= 4 is 21.8 Å². The van der Waals surface area contributed by atoms with Crippen LogP contribution in [0.4, 0.5) is 0 Å². The molecule has 2 fully saturated rings. The molecule has 0 aromatic heterocycles. The van der Waals surface area contributed by atoms with Gasteiger partial charge in [0, 0.05) is 50.8 Å². The summed E-state index contributed by atoms with van der Waals surface area (Å²) < 4.78 is 33.6. The molecule has 2 aliphatic heterocycles. The lowest BCUT2D eigenvalue weighted by Gasteiger charge is -2.37. The van der Waals surface area contributed by atoms with Gasteiger partial charge in [-0.15, -0.1) is 0 Å². The van der Waals surface area contributed by atoms with Crippen molar-refractivity contribution < 1.29 is 13.2 Å². The number of nitrogens with zero attached hydrogens (tertiary/aromatic N) is 3. The van der Waals surface area contributed by atoms with Gasteiger partial charge in [-0.3, -0.25) is 4.90 Å². The van der Waals surface area contributed by atoms with Crippen LogP contribution in [0, 0.1) is 0 Å². The van der Waals surface area contributed by atoms with Crippen molar-refractivity contribution in [1.29, 1.82) is 0 Å². The number of halogens is 1. The zero-order chi connectivity index (χ0) is 16.3. The molecule has 0 N–H and O–H groups in total. The lowest BCUT2D eigenvalue weighted by Crippen LogP contribution is -2.54. The monoisotopic (exact) mass is 359 g/mol. The van der Waals surface area contributed by atoms with Gasteiger partial charge in [-0.1, -0.05) is 23.7 Å². The van der Waals surface area contributed by atoms with E-state index in [1.54, 1.807) is 4.31 Å². The van der Waals surface area contributed by atoms with Crippen molar-refractivity contribution in [3.8, 4) is 0 Å². The lowest BCUT2D eigenvalue weighted by molar-refractivity contribution is 0.0684. The maximum absolute atomic E-state index is 12.6. The van der Waals surface area contributed by atoms with Gasteiger partial charge in [-0.25, -0.2) is 0 Å². The van der Waals surface area contributed by atoms with Gasteiger partial charge in [0.25, 0.3) is 10.2 Å². The van der Waals surface area contributed by atoms with Crippen molar-refractivity contribution in [2.24, 2.45) is 0 Å². The minimum Gasteiger partial charge on any atom is -0.379 e. The Kier molecular flexibility index (Phi) is 5.56. The molecule has 23 heavy (non-hydrogen) atoms. The number of rotatable bonds is 4. The summed E-state index contributed by atoms with van der Waals surface area (Å²) in [6, 6.07) is 7.80. The lowest BCUT2D eigenvalue weighted by atomic mass is 10.2. The molecule has 0 amide bonds. The largest absolute Gasteiger partial charge is 0.379 e. The Morgan fingerprint density at radius 1 is 1.00 bits per heavy atom. The van der Waals surface area contributed by atoms with Gasteiger partial charge >= 0.3 is 0 Å². The van der Waals surface area contributed by atoms with Gasteiger partial charge in [0.15, 0.2) is 0 Å². The van der Waals surface area contributed by atoms with E-state index >= 15 is 0 Å². The van der Waals surface area contributed by atoms with Crippen LogP contribution in [0.25, 0.3) is 0 Å². The average Bonchev–Trinajstić information content (AvgIpc) is 2.56. The van der Waals surface area contributed by atoms with Gasteiger partial charge in [0.1, 0.15) is 0 Å². The van der Waals surface area contributed by atoms with Crippen molar-refractivity contribution in [3.05, 3.63) is 34.9 Å². The summed E-state index contributed by atoms with van der Waals surface area (Å²) in [4.78, 5) is 2.26. The number of ether oxygens (including phenoxy) is 1. The zero-order valence-corrected chi connectivity index (χ0v) is 14.6. The Balaban J connectivity index is 1.55. The predicted molar refractivity (Wildman–Crippen MR) is 89.6 cm³/mol. The molecule has 6 nitrogen and oxygen atoms in total. The molecule has 1 aromatic rings. The van der Waals surface area contributed by atoms with Gasteiger partial charge in [-0.05, 0) is 17.7 Å². The first-order valence-electron chi connectivity index (χ1n) is 7.85. The molecule has 2 heterocycles. The number of piperazine rings is 1. The first kappa shape index (κ1) is 17.1. The van der Waals surface area contributed by atoms with E-state index in [4.69, 9.17) is 16.3 Å². The van der Waals surface area contributed by atoms with E-state index in [1.807, 2.05) is 24.3 Å². The summed E-state index contributed by atoms with van der Waals surface area (Å²) in [5.41, 5.74) is 1.15. The molecule has 0 unspecified atom stereocenters. The molecular formula is C15H22ClN3O3S. The van der Waals surface area contributed by atoms with Crippen LogP contribution in [0.1, 0.15) is 5.56 Å². The van der Waals surface area contributed by atoms with E-state index in [0.29, 0.717) is 39.4 Å². The minimum atomic E-state index is -3.35. The highest BCUT2D eigenvalue weighted by atomic mass is 35.5. The molecule has 0 atom stereocenters. The van der Waals surface area contributed by atoms with Crippen LogP contribution in [0.5, 0.6) is 0 Å². The predicted octanol–water partition coefficient (Wildman–Crippen LogP) is 1.03. The SMILES string of the molecule is O=S(=O)(N1CCOCC1)N1CCN(Cc2cccc(Cl)c2)CC1. The molecule has 2 aliphatic rings. The summed E-state index contributed by atoms with van der Waals surface area (Å²) >= 11 is 6.01. The molecule has 128 valence electrons. The zero-order valence-electron chi connectivity index (χ0n) is 13.0. The van der Waals surface area contributed by atoms with E-state index in [9.17, 15) is 8.42 Å². The van der Waals surface area contributed by atoms with Crippen LogP contribution < -0.4 is 0 Å². The minimum absolute atomic E-state index is 0.449. The number of morpholine rings is 1. The third-order valence-electron chi connectivity index (χ3n) is 4.25.